The molecule has 6 nitrogen and oxygen atoms in total. The molecule has 15 heavy (non-hydrogen) atoms. The van der Waals surface area contributed by atoms with Crippen LogP contribution in [-0.4, -0.2) is 19.6 Å². The minimum atomic E-state index is -4.04. The van der Waals surface area contributed by atoms with Crippen molar-refractivity contribution < 1.29 is 18.3 Å². The highest BCUT2D eigenvalue weighted by molar-refractivity contribution is 7.90. The fourth-order valence-corrected chi connectivity index (χ4v) is 1.72. The number of hydrogen-bond donors (Lipinski definition) is 2. The van der Waals surface area contributed by atoms with Gasteiger partial charge < -0.3 is 5.11 Å². The molecule has 7 heteroatoms. The van der Waals surface area contributed by atoms with Crippen LogP contribution in [0.3, 0.4) is 0 Å². The third-order valence-corrected chi connectivity index (χ3v) is 2.85. The first-order valence-electron chi connectivity index (χ1n) is 3.71. The molecule has 0 aromatic heterocycles. The molecule has 0 unspecified atom stereocenters. The summed E-state index contributed by atoms with van der Waals surface area (Å²) in [4.78, 5) is 9.96. The van der Waals surface area contributed by atoms with Crippen molar-refractivity contribution in [2.75, 3.05) is 0 Å². The molecule has 1 aromatic rings. The van der Waals surface area contributed by atoms with E-state index in [1.54, 1.807) is 0 Å². The van der Waals surface area contributed by atoms with Crippen LogP contribution in [0.1, 0.15) is 5.56 Å². The number of nitrogens with one attached hydrogen (secondary N) is 1. The van der Waals surface area contributed by atoms with Gasteiger partial charge >= 0.3 is 6.09 Å². The summed E-state index contributed by atoms with van der Waals surface area (Å²) in [6.45, 7) is 0. The maximum atomic E-state index is 11.3. The highest BCUT2D eigenvalue weighted by Gasteiger charge is 2.16. The smallest absolute Gasteiger partial charge is 0.418 e. The highest BCUT2D eigenvalue weighted by Crippen LogP contribution is 2.09. The van der Waals surface area contributed by atoms with Crippen LogP contribution in [0.25, 0.3) is 0 Å². The lowest BCUT2D eigenvalue weighted by molar-refractivity contribution is 0.201. The maximum Gasteiger partial charge on any atom is 0.418 e. The summed E-state index contributed by atoms with van der Waals surface area (Å²) in [5.74, 6) is 0. The van der Waals surface area contributed by atoms with E-state index in [1.807, 2.05) is 6.07 Å². The lowest BCUT2D eigenvalue weighted by Crippen LogP contribution is -2.28. The van der Waals surface area contributed by atoms with Crippen LogP contribution in [0, 0.1) is 11.3 Å². The second-order valence-electron chi connectivity index (χ2n) is 2.55. The molecule has 1 aromatic carbocycles. The molecule has 78 valence electrons. The Hall–Kier alpha value is -2.07. The number of benzene rings is 1. The number of amides is 1. The molecule has 0 aliphatic rings. The minimum Gasteiger partial charge on any atom is -0.464 e. The van der Waals surface area contributed by atoms with Gasteiger partial charge in [-0.2, -0.15) is 5.26 Å². The fraction of sp³-hybridized carbons (Fsp3) is 0. The molecule has 0 atom stereocenters. The van der Waals surface area contributed by atoms with E-state index < -0.39 is 16.1 Å². The highest BCUT2D eigenvalue weighted by atomic mass is 32.2. The van der Waals surface area contributed by atoms with Crippen molar-refractivity contribution in [3.63, 3.8) is 0 Å². The summed E-state index contributed by atoms with van der Waals surface area (Å²) in [6, 6.07) is 6.70. The van der Waals surface area contributed by atoms with Gasteiger partial charge in [0.05, 0.1) is 16.5 Å². The van der Waals surface area contributed by atoms with Crippen LogP contribution in [0.15, 0.2) is 29.2 Å². The maximum absolute atomic E-state index is 11.3. The van der Waals surface area contributed by atoms with E-state index in [-0.39, 0.29) is 4.90 Å². The summed E-state index contributed by atoms with van der Waals surface area (Å²) in [5.41, 5.74) is 0.296. The third-order valence-electron chi connectivity index (χ3n) is 1.52. The Morgan fingerprint density at radius 1 is 1.33 bits per heavy atom. The van der Waals surface area contributed by atoms with E-state index in [1.165, 1.54) is 16.9 Å². The van der Waals surface area contributed by atoms with Crippen molar-refractivity contribution in [2.45, 2.75) is 4.90 Å². The van der Waals surface area contributed by atoms with Crippen LogP contribution >= 0.6 is 0 Å². The van der Waals surface area contributed by atoms with Crippen molar-refractivity contribution in [3.8, 4) is 6.07 Å². The van der Waals surface area contributed by atoms with E-state index in [0.29, 0.717) is 5.56 Å². The number of carboxylic acid groups (broad SMARTS) is 1. The largest absolute Gasteiger partial charge is 0.464 e. The molecule has 0 bridgehead atoms. The average molecular weight is 226 g/mol. The molecule has 0 saturated carbocycles. The lowest BCUT2D eigenvalue weighted by Gasteiger charge is -2.02. The van der Waals surface area contributed by atoms with E-state index in [9.17, 15) is 13.2 Å². The first-order valence-corrected chi connectivity index (χ1v) is 5.20. The molecular formula is C8H6N2O4S. The van der Waals surface area contributed by atoms with Crippen molar-refractivity contribution in [3.05, 3.63) is 29.8 Å². The van der Waals surface area contributed by atoms with Gasteiger partial charge in [0, 0.05) is 0 Å². The lowest BCUT2D eigenvalue weighted by atomic mass is 10.2. The van der Waals surface area contributed by atoms with Gasteiger partial charge in [0.2, 0.25) is 0 Å². The van der Waals surface area contributed by atoms with Crippen molar-refractivity contribution in [2.24, 2.45) is 0 Å². The molecule has 0 heterocycles. The average Bonchev–Trinajstić information content (AvgIpc) is 2.16. The molecule has 0 aliphatic heterocycles. The Kier molecular flexibility index (Phi) is 2.92. The molecule has 0 radical (unpaired) electrons. The third kappa shape index (κ3) is 2.69. The molecule has 0 saturated heterocycles. The van der Waals surface area contributed by atoms with Crippen LogP contribution in [0.5, 0.6) is 0 Å². The molecule has 0 aliphatic carbocycles. The SMILES string of the molecule is N#Cc1ccc(S(=O)(=O)NC(=O)O)cc1. The Morgan fingerprint density at radius 3 is 2.27 bits per heavy atom. The Morgan fingerprint density at radius 2 is 1.87 bits per heavy atom. The number of nitriles is 1. The molecule has 2 N–H and O–H groups in total. The fourth-order valence-electron chi connectivity index (χ4n) is 0.882. The van der Waals surface area contributed by atoms with Gasteiger partial charge in [0.15, 0.2) is 0 Å². The van der Waals surface area contributed by atoms with Gasteiger partial charge in [0.1, 0.15) is 0 Å². The zero-order chi connectivity index (χ0) is 11.5. The molecule has 0 fully saturated rings. The Bertz CT molecular complexity index is 513. The summed E-state index contributed by atoms with van der Waals surface area (Å²) in [5, 5.41) is 16.7. The standard InChI is InChI=1S/C8H6N2O4S/c9-5-6-1-3-7(4-2-6)15(13,14)10-8(11)12/h1-4,10H,(H,11,12). The van der Waals surface area contributed by atoms with E-state index in [0.717, 1.165) is 12.1 Å². The first-order chi connectivity index (χ1) is 6.95. The number of hydrogen-bond acceptors (Lipinski definition) is 4. The minimum absolute atomic E-state index is 0.205. The zero-order valence-electron chi connectivity index (χ0n) is 7.34. The van der Waals surface area contributed by atoms with Gasteiger partial charge in [-0.25, -0.2) is 17.9 Å². The zero-order valence-corrected chi connectivity index (χ0v) is 8.15. The summed E-state index contributed by atoms with van der Waals surface area (Å²) in [7, 11) is -4.04. The normalized spacial score (nSPS) is 10.3. The van der Waals surface area contributed by atoms with E-state index in [4.69, 9.17) is 10.4 Å². The second-order valence-corrected chi connectivity index (χ2v) is 4.23. The Labute approximate surface area is 85.8 Å². The quantitative estimate of drug-likeness (QED) is 0.764. The topological polar surface area (TPSA) is 107 Å². The predicted molar refractivity (Wildman–Crippen MR) is 49.5 cm³/mol. The van der Waals surface area contributed by atoms with Gasteiger partial charge in [-0.3, -0.25) is 0 Å². The van der Waals surface area contributed by atoms with E-state index >= 15 is 0 Å². The number of sulfonamides is 1. The van der Waals surface area contributed by atoms with Crippen LogP contribution in [0.4, 0.5) is 4.79 Å². The Balaban J connectivity index is 3.07. The molecule has 1 rings (SSSR count). The monoisotopic (exact) mass is 226 g/mol. The van der Waals surface area contributed by atoms with Crippen LogP contribution < -0.4 is 4.72 Å². The van der Waals surface area contributed by atoms with Crippen molar-refractivity contribution in [1.82, 2.24) is 4.72 Å². The summed E-state index contributed by atoms with van der Waals surface area (Å²) in [6.07, 6.45) is -1.65. The molecular weight excluding hydrogens is 220 g/mol. The second kappa shape index (κ2) is 3.98. The molecule has 1 amide bonds. The number of nitrogens with zero attached hydrogens (tertiary/aromatic N) is 1. The van der Waals surface area contributed by atoms with Crippen LogP contribution in [-0.2, 0) is 10.0 Å². The first kappa shape index (κ1) is 11.0. The van der Waals surface area contributed by atoms with Crippen LogP contribution in [0.2, 0.25) is 0 Å². The van der Waals surface area contributed by atoms with E-state index in [2.05, 4.69) is 0 Å². The number of carbonyl (C=O) groups is 1. The van der Waals surface area contributed by atoms with Gasteiger partial charge in [-0.15, -0.1) is 0 Å². The summed E-state index contributed by atoms with van der Waals surface area (Å²) >= 11 is 0. The van der Waals surface area contributed by atoms with Crippen molar-refractivity contribution >= 4 is 16.1 Å². The number of rotatable bonds is 2. The van der Waals surface area contributed by atoms with Crippen molar-refractivity contribution in [1.29, 1.82) is 5.26 Å². The van der Waals surface area contributed by atoms with Gasteiger partial charge in [0.25, 0.3) is 10.0 Å². The van der Waals surface area contributed by atoms with Gasteiger partial charge in [-0.05, 0) is 24.3 Å². The van der Waals surface area contributed by atoms with Gasteiger partial charge in [-0.1, -0.05) is 0 Å². The summed E-state index contributed by atoms with van der Waals surface area (Å²) < 4.78 is 23.9. The molecule has 0 spiro atoms. The predicted octanol–water partition coefficient (Wildman–Crippen LogP) is 0.515.